The summed E-state index contributed by atoms with van der Waals surface area (Å²) in [7, 11) is 0. The van der Waals surface area contributed by atoms with Gasteiger partial charge in [-0.3, -0.25) is 0 Å². The average molecular weight is 268 g/mol. The molecule has 0 N–H and O–H groups in total. The lowest BCUT2D eigenvalue weighted by Crippen LogP contribution is -2.20. The van der Waals surface area contributed by atoms with Crippen LogP contribution in [0.5, 0.6) is 0 Å². The Morgan fingerprint density at radius 1 is 1.21 bits per heavy atom. The lowest BCUT2D eigenvalue weighted by molar-refractivity contribution is -0.137. The molecule has 1 fully saturated rings. The van der Waals surface area contributed by atoms with Gasteiger partial charge in [-0.25, -0.2) is 0 Å². The van der Waals surface area contributed by atoms with Crippen molar-refractivity contribution in [3.63, 3.8) is 0 Å². The van der Waals surface area contributed by atoms with Crippen LogP contribution < -0.4 is 4.90 Å². The zero-order valence-electron chi connectivity index (χ0n) is 10.8. The summed E-state index contributed by atoms with van der Waals surface area (Å²) in [6, 6.07) is 5.44. The Morgan fingerprint density at radius 2 is 1.79 bits per heavy atom. The van der Waals surface area contributed by atoms with Crippen molar-refractivity contribution in [1.82, 2.24) is 0 Å². The lowest BCUT2D eigenvalue weighted by atomic mass is 10.0. The smallest absolute Gasteiger partial charge is 0.371 e. The third-order valence-corrected chi connectivity index (χ3v) is 3.78. The first-order valence-electron chi connectivity index (χ1n) is 6.19. The Kier molecular flexibility index (Phi) is 3.44. The second-order valence-corrected chi connectivity index (χ2v) is 5.20. The standard InChI is InChI=1S/C14H15F3N2/c1-9-7-19(8-10(9)2)12-3-4-13(14(15,16)17)11(5-12)6-18/h3-5,9-10H,7-8H2,1-2H3. The first kappa shape index (κ1) is 13.7. The van der Waals surface area contributed by atoms with Crippen molar-refractivity contribution in [3.8, 4) is 6.07 Å². The van der Waals surface area contributed by atoms with E-state index in [0.29, 0.717) is 17.5 Å². The molecule has 1 heterocycles. The summed E-state index contributed by atoms with van der Waals surface area (Å²) < 4.78 is 38.1. The van der Waals surface area contributed by atoms with Crippen LogP contribution in [-0.2, 0) is 6.18 Å². The van der Waals surface area contributed by atoms with Gasteiger partial charge < -0.3 is 4.90 Å². The summed E-state index contributed by atoms with van der Waals surface area (Å²) in [6.07, 6.45) is -4.48. The van der Waals surface area contributed by atoms with Gasteiger partial charge in [0.1, 0.15) is 0 Å². The van der Waals surface area contributed by atoms with Crippen LogP contribution in [0.4, 0.5) is 18.9 Å². The van der Waals surface area contributed by atoms with Crippen LogP contribution in [0, 0.1) is 23.2 Å². The van der Waals surface area contributed by atoms with E-state index in [2.05, 4.69) is 13.8 Å². The monoisotopic (exact) mass is 268 g/mol. The van der Waals surface area contributed by atoms with E-state index in [4.69, 9.17) is 5.26 Å². The molecule has 0 saturated carbocycles. The third-order valence-electron chi connectivity index (χ3n) is 3.78. The summed E-state index contributed by atoms with van der Waals surface area (Å²) >= 11 is 0. The second kappa shape index (κ2) is 4.76. The molecular weight excluding hydrogens is 253 g/mol. The van der Waals surface area contributed by atoms with Crippen LogP contribution in [0.2, 0.25) is 0 Å². The van der Waals surface area contributed by atoms with Gasteiger partial charge in [0.25, 0.3) is 0 Å². The van der Waals surface area contributed by atoms with Gasteiger partial charge in [0.15, 0.2) is 0 Å². The molecule has 1 aromatic carbocycles. The number of nitrogens with zero attached hydrogens (tertiary/aromatic N) is 2. The van der Waals surface area contributed by atoms with Crippen molar-refractivity contribution in [1.29, 1.82) is 5.26 Å². The minimum absolute atomic E-state index is 0.308. The highest BCUT2D eigenvalue weighted by Gasteiger charge is 2.34. The number of anilines is 1. The van der Waals surface area contributed by atoms with Crippen molar-refractivity contribution < 1.29 is 13.2 Å². The van der Waals surface area contributed by atoms with Crippen LogP contribution in [0.1, 0.15) is 25.0 Å². The number of hydrogen-bond donors (Lipinski definition) is 0. The van der Waals surface area contributed by atoms with Gasteiger partial charge in [0.2, 0.25) is 0 Å². The van der Waals surface area contributed by atoms with E-state index in [-0.39, 0.29) is 5.56 Å². The van der Waals surface area contributed by atoms with Crippen molar-refractivity contribution >= 4 is 5.69 Å². The Labute approximate surface area is 110 Å². The number of benzene rings is 1. The minimum Gasteiger partial charge on any atom is -0.371 e. The number of hydrogen-bond acceptors (Lipinski definition) is 2. The van der Waals surface area contributed by atoms with Crippen molar-refractivity contribution in [2.45, 2.75) is 20.0 Å². The molecule has 0 radical (unpaired) electrons. The quantitative estimate of drug-likeness (QED) is 0.777. The van der Waals surface area contributed by atoms with Gasteiger partial charge in [-0.05, 0) is 30.0 Å². The molecule has 2 atom stereocenters. The summed E-state index contributed by atoms with van der Waals surface area (Å²) in [5, 5.41) is 8.88. The number of alkyl halides is 3. The Morgan fingerprint density at radius 3 is 2.26 bits per heavy atom. The highest BCUT2D eigenvalue weighted by molar-refractivity contribution is 5.56. The summed E-state index contributed by atoms with van der Waals surface area (Å²) in [4.78, 5) is 2.04. The SMILES string of the molecule is CC1CN(c2ccc(C(F)(F)F)c(C#N)c2)CC1C. The largest absolute Gasteiger partial charge is 0.417 e. The highest BCUT2D eigenvalue weighted by atomic mass is 19.4. The van der Waals surface area contributed by atoms with Crippen molar-refractivity contribution in [2.24, 2.45) is 11.8 Å². The van der Waals surface area contributed by atoms with Crippen molar-refractivity contribution in [2.75, 3.05) is 18.0 Å². The summed E-state index contributed by atoms with van der Waals surface area (Å²) in [5.74, 6) is 1.01. The van der Waals surface area contributed by atoms with E-state index >= 15 is 0 Å². The predicted molar refractivity (Wildman–Crippen MR) is 66.7 cm³/mol. The molecule has 0 aromatic heterocycles. The van der Waals surface area contributed by atoms with Crippen LogP contribution in [0.15, 0.2) is 18.2 Å². The maximum absolute atomic E-state index is 12.7. The van der Waals surface area contributed by atoms with E-state index < -0.39 is 11.7 Å². The maximum atomic E-state index is 12.7. The molecule has 2 unspecified atom stereocenters. The number of halogens is 3. The molecule has 19 heavy (non-hydrogen) atoms. The molecule has 1 aliphatic heterocycles. The molecule has 1 aromatic rings. The molecule has 1 saturated heterocycles. The molecule has 2 nitrogen and oxygen atoms in total. The molecule has 102 valence electrons. The summed E-state index contributed by atoms with van der Waals surface area (Å²) in [6.45, 7) is 5.88. The van der Waals surface area contributed by atoms with Crippen LogP contribution in [-0.4, -0.2) is 13.1 Å². The third kappa shape index (κ3) is 2.67. The van der Waals surface area contributed by atoms with Gasteiger partial charge in [-0.2, -0.15) is 18.4 Å². The molecular formula is C14H15F3N2. The Balaban J connectivity index is 2.34. The van der Waals surface area contributed by atoms with Gasteiger partial charge in [0.05, 0.1) is 17.2 Å². The Hall–Kier alpha value is -1.70. The molecule has 0 aliphatic carbocycles. The van der Waals surface area contributed by atoms with E-state index in [1.54, 1.807) is 6.07 Å². The Bertz CT molecular complexity index is 506. The van der Waals surface area contributed by atoms with Crippen molar-refractivity contribution in [3.05, 3.63) is 29.3 Å². The fraction of sp³-hybridized carbons (Fsp3) is 0.500. The first-order valence-corrected chi connectivity index (χ1v) is 6.19. The zero-order chi connectivity index (χ0) is 14.2. The van der Waals surface area contributed by atoms with Crippen LogP contribution in [0.25, 0.3) is 0 Å². The molecule has 5 heteroatoms. The van der Waals surface area contributed by atoms with Crippen LogP contribution in [0.3, 0.4) is 0 Å². The molecule has 0 spiro atoms. The van der Waals surface area contributed by atoms with Gasteiger partial charge in [0, 0.05) is 18.8 Å². The van der Waals surface area contributed by atoms with Gasteiger partial charge in [-0.15, -0.1) is 0 Å². The second-order valence-electron chi connectivity index (χ2n) is 5.20. The average Bonchev–Trinajstić information content (AvgIpc) is 2.67. The zero-order valence-corrected chi connectivity index (χ0v) is 10.8. The number of nitriles is 1. The first-order chi connectivity index (χ1) is 8.82. The van der Waals surface area contributed by atoms with E-state index in [9.17, 15) is 13.2 Å². The van der Waals surface area contributed by atoms with E-state index in [1.807, 2.05) is 4.90 Å². The highest BCUT2D eigenvalue weighted by Crippen LogP contribution is 2.35. The summed E-state index contributed by atoms with van der Waals surface area (Å²) in [5.41, 5.74) is -0.475. The van der Waals surface area contributed by atoms with Gasteiger partial charge in [-0.1, -0.05) is 13.8 Å². The normalized spacial score (nSPS) is 23.5. The number of rotatable bonds is 1. The van der Waals surface area contributed by atoms with Gasteiger partial charge >= 0.3 is 6.18 Å². The lowest BCUT2D eigenvalue weighted by Gasteiger charge is -2.20. The van der Waals surface area contributed by atoms with E-state index in [0.717, 1.165) is 19.2 Å². The molecule has 0 amide bonds. The molecule has 1 aliphatic rings. The predicted octanol–water partition coefficient (Wildman–Crippen LogP) is 3.67. The fourth-order valence-electron chi connectivity index (χ4n) is 2.41. The molecule has 2 rings (SSSR count). The van der Waals surface area contributed by atoms with Crippen LogP contribution >= 0.6 is 0 Å². The molecule has 0 bridgehead atoms. The van der Waals surface area contributed by atoms with E-state index in [1.165, 1.54) is 12.1 Å². The maximum Gasteiger partial charge on any atom is 0.417 e. The topological polar surface area (TPSA) is 27.0 Å². The fourth-order valence-corrected chi connectivity index (χ4v) is 2.41. The minimum atomic E-state index is -4.48.